The van der Waals surface area contributed by atoms with Crippen LogP contribution in [0.1, 0.15) is 10.5 Å². The van der Waals surface area contributed by atoms with Crippen LogP contribution < -0.4 is 5.73 Å². The number of carbonyl (C=O) groups is 1. The molecule has 4 heteroatoms. The molecule has 0 saturated heterocycles. The summed E-state index contributed by atoms with van der Waals surface area (Å²) in [5, 5.41) is 1.04. The smallest absolute Gasteiger partial charge is 0.193 e. The van der Waals surface area contributed by atoms with Gasteiger partial charge in [0.15, 0.2) is 5.78 Å². The largest absolute Gasteiger partial charge is 0.340 e. The Morgan fingerprint density at radius 1 is 1.47 bits per heavy atom. The van der Waals surface area contributed by atoms with E-state index in [1.807, 2.05) is 35.9 Å². The van der Waals surface area contributed by atoms with Crippen LogP contribution in [0.25, 0.3) is 10.9 Å². The molecular formula is C11H11BrN2O. The lowest BCUT2D eigenvalue weighted by Gasteiger charge is -2.01. The molecule has 2 aromatic rings. The van der Waals surface area contributed by atoms with Crippen molar-refractivity contribution in [2.75, 3.05) is 6.54 Å². The number of nitrogens with two attached hydrogens (primary N) is 1. The van der Waals surface area contributed by atoms with Gasteiger partial charge >= 0.3 is 0 Å². The van der Waals surface area contributed by atoms with Crippen molar-refractivity contribution in [1.29, 1.82) is 0 Å². The number of halogens is 1. The average molecular weight is 267 g/mol. The maximum absolute atomic E-state index is 11.6. The molecule has 2 rings (SSSR count). The van der Waals surface area contributed by atoms with E-state index in [1.54, 1.807) is 0 Å². The lowest BCUT2D eigenvalue weighted by molar-refractivity contribution is 0.0993. The van der Waals surface area contributed by atoms with Crippen molar-refractivity contribution in [3.05, 3.63) is 34.4 Å². The summed E-state index contributed by atoms with van der Waals surface area (Å²) in [5.41, 5.74) is 7.05. The Labute approximate surface area is 96.0 Å². The summed E-state index contributed by atoms with van der Waals surface area (Å²) in [6.45, 7) is 0.0305. The molecule has 2 N–H and O–H groups in total. The Balaban J connectivity index is 2.81. The van der Waals surface area contributed by atoms with Gasteiger partial charge in [-0.1, -0.05) is 18.2 Å². The summed E-state index contributed by atoms with van der Waals surface area (Å²) in [6.07, 6.45) is 0. The highest BCUT2D eigenvalue weighted by atomic mass is 79.9. The second kappa shape index (κ2) is 3.79. The zero-order chi connectivity index (χ0) is 11.0. The van der Waals surface area contributed by atoms with Gasteiger partial charge in [0.1, 0.15) is 5.69 Å². The van der Waals surface area contributed by atoms with Gasteiger partial charge in [-0.2, -0.15) is 0 Å². The molecule has 0 fully saturated rings. The van der Waals surface area contributed by atoms with E-state index in [1.165, 1.54) is 0 Å². The van der Waals surface area contributed by atoms with E-state index in [0.29, 0.717) is 5.69 Å². The number of para-hydroxylation sites is 1. The normalized spacial score (nSPS) is 10.9. The number of hydrogen-bond acceptors (Lipinski definition) is 2. The maximum atomic E-state index is 11.6. The zero-order valence-electron chi connectivity index (χ0n) is 8.33. The molecule has 0 amide bonds. The molecule has 0 spiro atoms. The summed E-state index contributed by atoms with van der Waals surface area (Å²) < 4.78 is 2.70. The van der Waals surface area contributed by atoms with Crippen molar-refractivity contribution in [2.24, 2.45) is 12.8 Å². The minimum atomic E-state index is -0.0550. The topological polar surface area (TPSA) is 48.0 Å². The van der Waals surface area contributed by atoms with Crippen LogP contribution in [0.3, 0.4) is 0 Å². The van der Waals surface area contributed by atoms with E-state index >= 15 is 0 Å². The Morgan fingerprint density at radius 2 is 2.13 bits per heavy atom. The Morgan fingerprint density at radius 3 is 2.73 bits per heavy atom. The molecule has 0 unspecified atom stereocenters. The number of ketones is 1. The fraction of sp³-hybridized carbons (Fsp3) is 0.182. The molecule has 0 bridgehead atoms. The molecular weight excluding hydrogens is 256 g/mol. The molecule has 3 nitrogen and oxygen atoms in total. The Kier molecular flexibility index (Phi) is 2.63. The van der Waals surface area contributed by atoms with E-state index in [0.717, 1.165) is 15.4 Å². The molecule has 0 atom stereocenters. The molecule has 1 heterocycles. The summed E-state index contributed by atoms with van der Waals surface area (Å²) in [7, 11) is 1.87. The quantitative estimate of drug-likeness (QED) is 0.847. The van der Waals surface area contributed by atoms with Gasteiger partial charge in [-0.25, -0.2) is 0 Å². The summed E-state index contributed by atoms with van der Waals surface area (Å²) >= 11 is 3.45. The number of nitrogens with zero attached hydrogens (tertiary/aromatic N) is 1. The van der Waals surface area contributed by atoms with Crippen molar-refractivity contribution in [3.8, 4) is 0 Å². The highest BCUT2D eigenvalue weighted by Crippen LogP contribution is 2.30. The monoisotopic (exact) mass is 266 g/mol. The van der Waals surface area contributed by atoms with Gasteiger partial charge in [0.05, 0.1) is 11.0 Å². The van der Waals surface area contributed by atoms with Crippen molar-refractivity contribution in [1.82, 2.24) is 4.57 Å². The van der Waals surface area contributed by atoms with Crippen LogP contribution in [-0.4, -0.2) is 16.9 Å². The summed E-state index contributed by atoms with van der Waals surface area (Å²) in [4.78, 5) is 11.6. The average Bonchev–Trinajstić information content (AvgIpc) is 2.52. The highest BCUT2D eigenvalue weighted by Gasteiger charge is 2.17. The Hall–Kier alpha value is -1.13. The molecule has 0 radical (unpaired) electrons. The fourth-order valence-corrected chi connectivity index (χ4v) is 2.58. The molecule has 0 aliphatic heterocycles. The lowest BCUT2D eigenvalue weighted by Crippen LogP contribution is -2.17. The van der Waals surface area contributed by atoms with Gasteiger partial charge in [-0.05, 0) is 22.0 Å². The van der Waals surface area contributed by atoms with Crippen molar-refractivity contribution < 1.29 is 4.79 Å². The third kappa shape index (κ3) is 1.50. The van der Waals surface area contributed by atoms with Crippen LogP contribution in [-0.2, 0) is 7.05 Å². The van der Waals surface area contributed by atoms with Crippen LogP contribution in [0, 0.1) is 0 Å². The zero-order valence-corrected chi connectivity index (χ0v) is 9.91. The van der Waals surface area contributed by atoms with Crippen LogP contribution in [0.15, 0.2) is 28.7 Å². The van der Waals surface area contributed by atoms with E-state index < -0.39 is 0 Å². The number of Topliss-reactive ketones (excluding diaryl/α,β-unsaturated/α-hetero) is 1. The first-order chi connectivity index (χ1) is 7.16. The number of aryl methyl sites for hydroxylation is 1. The number of fused-ring (bicyclic) bond motifs is 1. The van der Waals surface area contributed by atoms with Gasteiger partial charge in [0, 0.05) is 18.0 Å². The molecule has 15 heavy (non-hydrogen) atoms. The minimum Gasteiger partial charge on any atom is -0.340 e. The van der Waals surface area contributed by atoms with Gasteiger partial charge < -0.3 is 10.3 Å². The molecule has 0 aliphatic carbocycles. The molecule has 0 saturated carbocycles. The van der Waals surface area contributed by atoms with E-state index in [9.17, 15) is 4.79 Å². The van der Waals surface area contributed by atoms with Crippen LogP contribution in [0.5, 0.6) is 0 Å². The number of rotatable bonds is 2. The second-order valence-corrected chi connectivity index (χ2v) is 4.16. The third-order valence-electron chi connectivity index (χ3n) is 2.49. The van der Waals surface area contributed by atoms with Gasteiger partial charge in [-0.15, -0.1) is 0 Å². The second-order valence-electron chi connectivity index (χ2n) is 3.37. The van der Waals surface area contributed by atoms with E-state index in [4.69, 9.17) is 5.73 Å². The SMILES string of the molecule is Cn1c(C(=O)CN)c(Br)c2ccccc21. The number of aromatic nitrogens is 1. The van der Waals surface area contributed by atoms with Crippen LogP contribution >= 0.6 is 15.9 Å². The molecule has 1 aromatic carbocycles. The predicted octanol–water partition coefficient (Wildman–Crippen LogP) is 2.08. The van der Waals surface area contributed by atoms with Crippen molar-refractivity contribution in [2.45, 2.75) is 0 Å². The highest BCUT2D eigenvalue weighted by molar-refractivity contribution is 9.10. The first kappa shape index (κ1) is 10.4. The molecule has 78 valence electrons. The first-order valence-corrected chi connectivity index (χ1v) is 5.42. The third-order valence-corrected chi connectivity index (χ3v) is 3.30. The van der Waals surface area contributed by atoms with Crippen LogP contribution in [0.2, 0.25) is 0 Å². The number of hydrogen-bond donors (Lipinski definition) is 1. The first-order valence-electron chi connectivity index (χ1n) is 4.63. The summed E-state index contributed by atoms with van der Waals surface area (Å²) in [6, 6.07) is 7.86. The van der Waals surface area contributed by atoms with E-state index in [-0.39, 0.29) is 12.3 Å². The predicted molar refractivity (Wildman–Crippen MR) is 64.0 cm³/mol. The summed E-state index contributed by atoms with van der Waals surface area (Å²) in [5.74, 6) is -0.0550. The maximum Gasteiger partial charge on any atom is 0.193 e. The van der Waals surface area contributed by atoms with Crippen molar-refractivity contribution >= 4 is 32.6 Å². The number of benzene rings is 1. The lowest BCUT2D eigenvalue weighted by atomic mass is 10.2. The Bertz CT molecular complexity index is 492. The fourth-order valence-electron chi connectivity index (χ4n) is 1.75. The number of carbonyl (C=O) groups excluding carboxylic acids is 1. The minimum absolute atomic E-state index is 0.0305. The van der Waals surface area contributed by atoms with Gasteiger partial charge in [-0.3, -0.25) is 4.79 Å². The molecule has 0 aliphatic rings. The van der Waals surface area contributed by atoms with Gasteiger partial charge in [0.2, 0.25) is 0 Å². The molecule has 1 aromatic heterocycles. The van der Waals surface area contributed by atoms with Crippen LogP contribution in [0.4, 0.5) is 0 Å². The van der Waals surface area contributed by atoms with E-state index in [2.05, 4.69) is 15.9 Å². The standard InChI is InChI=1S/C11H11BrN2O/c1-14-8-5-3-2-4-7(8)10(12)11(14)9(15)6-13/h2-5H,6,13H2,1H3. The van der Waals surface area contributed by atoms with Gasteiger partial charge in [0.25, 0.3) is 0 Å². The van der Waals surface area contributed by atoms with Crippen molar-refractivity contribution in [3.63, 3.8) is 0 Å².